The molecule has 0 bridgehead atoms. The van der Waals surface area contributed by atoms with E-state index < -0.39 is 0 Å². The molecule has 0 spiro atoms. The molecule has 0 aromatic carbocycles. The number of nitrogens with one attached hydrogen (secondary N) is 1. The predicted octanol–water partition coefficient (Wildman–Crippen LogP) is 1.08. The first-order valence-corrected chi connectivity index (χ1v) is 4.78. The molecule has 2 heterocycles. The molecule has 15 heavy (non-hydrogen) atoms. The minimum absolute atomic E-state index is 0.204. The topological polar surface area (TPSA) is 63.6 Å². The van der Waals surface area contributed by atoms with Crippen LogP contribution in [0.4, 0.5) is 0 Å². The van der Waals surface area contributed by atoms with Crippen LogP contribution in [0.5, 0.6) is 0 Å². The highest BCUT2D eigenvalue weighted by Gasteiger charge is 2.09. The van der Waals surface area contributed by atoms with Crippen LogP contribution in [-0.4, -0.2) is 19.7 Å². The van der Waals surface area contributed by atoms with Crippen LogP contribution in [0.25, 0.3) is 5.69 Å². The molecule has 0 saturated heterocycles. The zero-order chi connectivity index (χ0) is 10.8. The number of hydrogen-bond acceptors (Lipinski definition) is 3. The number of pyridine rings is 1. The minimum atomic E-state index is -0.230. The largest absolute Gasteiger partial charge is 0.348 e. The van der Waals surface area contributed by atoms with Crippen molar-refractivity contribution >= 4 is 0 Å². The summed E-state index contributed by atoms with van der Waals surface area (Å²) in [7, 11) is 0. The quantitative estimate of drug-likeness (QED) is 0.796. The molecule has 0 aliphatic rings. The molecule has 0 saturated carbocycles. The van der Waals surface area contributed by atoms with Crippen molar-refractivity contribution in [1.29, 1.82) is 0 Å². The lowest BCUT2D eigenvalue weighted by Gasteiger charge is -1.98. The fourth-order valence-electron chi connectivity index (χ4n) is 1.25. The van der Waals surface area contributed by atoms with E-state index in [1.54, 1.807) is 24.5 Å². The minimum Gasteiger partial charge on any atom is -0.292 e. The molecule has 0 aliphatic carbocycles. The van der Waals surface area contributed by atoms with E-state index in [2.05, 4.69) is 15.1 Å². The van der Waals surface area contributed by atoms with Crippen molar-refractivity contribution in [3.63, 3.8) is 0 Å². The molecule has 78 valence electrons. The smallest absolute Gasteiger partial charge is 0.292 e. The van der Waals surface area contributed by atoms with Gasteiger partial charge in [-0.15, -0.1) is 5.10 Å². The summed E-state index contributed by atoms with van der Waals surface area (Å²) >= 11 is 0. The lowest BCUT2D eigenvalue weighted by Crippen LogP contribution is -2.15. The molecule has 2 aromatic heterocycles. The highest BCUT2D eigenvalue weighted by Crippen LogP contribution is 2.07. The Morgan fingerprint density at radius 1 is 1.47 bits per heavy atom. The van der Waals surface area contributed by atoms with E-state index in [1.165, 1.54) is 4.68 Å². The summed E-state index contributed by atoms with van der Waals surface area (Å²) in [6.45, 7) is 3.96. The molecule has 2 aromatic rings. The van der Waals surface area contributed by atoms with Crippen molar-refractivity contribution in [3.05, 3.63) is 40.8 Å². The Kier molecular flexibility index (Phi) is 2.37. The molecular weight excluding hydrogens is 192 g/mol. The van der Waals surface area contributed by atoms with Crippen molar-refractivity contribution in [2.24, 2.45) is 0 Å². The number of nitrogens with zero attached hydrogens (tertiary/aromatic N) is 3. The number of aromatic nitrogens is 4. The molecule has 1 N–H and O–H groups in total. The van der Waals surface area contributed by atoms with Crippen LogP contribution in [0.3, 0.4) is 0 Å². The van der Waals surface area contributed by atoms with Gasteiger partial charge in [0.2, 0.25) is 0 Å². The van der Waals surface area contributed by atoms with Crippen LogP contribution in [-0.2, 0) is 0 Å². The first kappa shape index (κ1) is 9.64. The Morgan fingerprint density at radius 2 is 2.27 bits per heavy atom. The molecule has 5 nitrogen and oxygen atoms in total. The van der Waals surface area contributed by atoms with E-state index >= 15 is 0 Å². The van der Waals surface area contributed by atoms with E-state index in [1.807, 2.05) is 13.8 Å². The fraction of sp³-hybridized carbons (Fsp3) is 0.300. The molecule has 0 radical (unpaired) electrons. The Hall–Kier alpha value is -1.91. The number of rotatable bonds is 2. The number of aromatic amines is 1. The third-order valence-electron chi connectivity index (χ3n) is 2.07. The Morgan fingerprint density at radius 3 is 2.80 bits per heavy atom. The third kappa shape index (κ3) is 1.81. The maximum atomic E-state index is 11.6. The van der Waals surface area contributed by atoms with Gasteiger partial charge in [-0.2, -0.15) is 4.68 Å². The van der Waals surface area contributed by atoms with Crippen LogP contribution >= 0.6 is 0 Å². The molecule has 0 unspecified atom stereocenters. The van der Waals surface area contributed by atoms with Gasteiger partial charge in [-0.1, -0.05) is 13.8 Å². The van der Waals surface area contributed by atoms with E-state index in [0.717, 1.165) is 0 Å². The van der Waals surface area contributed by atoms with Crippen molar-refractivity contribution < 1.29 is 0 Å². The van der Waals surface area contributed by atoms with Crippen LogP contribution in [0, 0.1) is 0 Å². The van der Waals surface area contributed by atoms with Crippen molar-refractivity contribution in [2.45, 2.75) is 19.8 Å². The summed E-state index contributed by atoms with van der Waals surface area (Å²) in [5.74, 6) is 0.888. The van der Waals surface area contributed by atoms with Gasteiger partial charge < -0.3 is 0 Å². The molecule has 5 heteroatoms. The van der Waals surface area contributed by atoms with Gasteiger partial charge in [0, 0.05) is 12.1 Å². The van der Waals surface area contributed by atoms with Crippen LogP contribution in [0.1, 0.15) is 25.6 Å². The standard InChI is InChI=1S/C10H12N4O/c1-7(2)9-12-10(15)14(13-9)8-4-3-5-11-6-8/h3-7H,1-2H3,(H,12,13,15). The van der Waals surface area contributed by atoms with E-state index in [9.17, 15) is 4.79 Å². The summed E-state index contributed by atoms with van der Waals surface area (Å²) in [5, 5.41) is 4.19. The van der Waals surface area contributed by atoms with Gasteiger partial charge in [-0.25, -0.2) is 4.79 Å². The van der Waals surface area contributed by atoms with Gasteiger partial charge in [0.1, 0.15) is 5.82 Å². The van der Waals surface area contributed by atoms with Crippen LogP contribution < -0.4 is 5.69 Å². The lowest BCUT2D eigenvalue weighted by molar-refractivity contribution is 0.750. The average molecular weight is 204 g/mol. The Labute approximate surface area is 86.8 Å². The normalized spacial score (nSPS) is 10.9. The molecular formula is C10H12N4O. The van der Waals surface area contributed by atoms with Gasteiger partial charge in [-0.3, -0.25) is 9.97 Å². The van der Waals surface area contributed by atoms with Gasteiger partial charge in [0.25, 0.3) is 0 Å². The third-order valence-corrected chi connectivity index (χ3v) is 2.07. The molecule has 0 amide bonds. The highest BCUT2D eigenvalue weighted by atomic mass is 16.1. The number of hydrogen-bond donors (Lipinski definition) is 1. The van der Waals surface area contributed by atoms with Crippen molar-refractivity contribution in [1.82, 2.24) is 19.7 Å². The van der Waals surface area contributed by atoms with E-state index in [4.69, 9.17) is 0 Å². The molecule has 0 aliphatic heterocycles. The summed E-state index contributed by atoms with van der Waals surface area (Å²) in [4.78, 5) is 18.2. The lowest BCUT2D eigenvalue weighted by atomic mass is 10.2. The summed E-state index contributed by atoms with van der Waals surface area (Å²) in [6, 6.07) is 3.56. The molecule has 0 fully saturated rings. The van der Waals surface area contributed by atoms with Crippen LogP contribution in [0.2, 0.25) is 0 Å². The van der Waals surface area contributed by atoms with E-state index in [0.29, 0.717) is 11.5 Å². The second-order valence-corrected chi connectivity index (χ2v) is 3.59. The first-order chi connectivity index (χ1) is 7.18. The fourth-order valence-corrected chi connectivity index (χ4v) is 1.25. The zero-order valence-electron chi connectivity index (χ0n) is 8.64. The molecule has 2 rings (SSSR count). The zero-order valence-corrected chi connectivity index (χ0v) is 8.64. The monoisotopic (exact) mass is 204 g/mol. The van der Waals surface area contributed by atoms with Crippen molar-refractivity contribution in [2.75, 3.05) is 0 Å². The highest BCUT2D eigenvalue weighted by molar-refractivity contribution is 5.25. The number of H-pyrrole nitrogens is 1. The average Bonchev–Trinajstić information content (AvgIpc) is 2.62. The maximum absolute atomic E-state index is 11.6. The summed E-state index contributed by atoms with van der Waals surface area (Å²) < 4.78 is 1.32. The van der Waals surface area contributed by atoms with Crippen LogP contribution in [0.15, 0.2) is 29.3 Å². The van der Waals surface area contributed by atoms with E-state index in [-0.39, 0.29) is 11.6 Å². The second-order valence-electron chi connectivity index (χ2n) is 3.59. The Bertz CT molecular complexity index is 498. The molecule has 0 atom stereocenters. The predicted molar refractivity (Wildman–Crippen MR) is 56.1 cm³/mol. The van der Waals surface area contributed by atoms with Gasteiger partial charge in [0.05, 0.1) is 11.9 Å². The summed E-state index contributed by atoms with van der Waals surface area (Å²) in [5.41, 5.74) is 0.442. The maximum Gasteiger partial charge on any atom is 0.348 e. The Balaban J connectivity index is 2.50. The van der Waals surface area contributed by atoms with Crippen molar-refractivity contribution in [3.8, 4) is 5.69 Å². The first-order valence-electron chi connectivity index (χ1n) is 4.78. The summed E-state index contributed by atoms with van der Waals surface area (Å²) in [6.07, 6.45) is 3.26. The van der Waals surface area contributed by atoms with Gasteiger partial charge >= 0.3 is 5.69 Å². The second kappa shape index (κ2) is 3.68. The SMILES string of the molecule is CC(C)c1nn(-c2cccnc2)c(=O)[nH]1. The van der Waals surface area contributed by atoms with Gasteiger partial charge in [-0.05, 0) is 12.1 Å². The van der Waals surface area contributed by atoms with Gasteiger partial charge in [0.15, 0.2) is 0 Å².